The SMILES string of the molecule is C1CNCCN1.C=CCc1cccs1. The molecular formula is C11H18N2S. The van der Waals surface area contributed by atoms with Crippen LogP contribution in [-0.2, 0) is 6.42 Å². The molecule has 0 atom stereocenters. The average Bonchev–Trinajstić information content (AvgIpc) is 2.75. The van der Waals surface area contributed by atoms with E-state index < -0.39 is 0 Å². The molecule has 78 valence electrons. The summed E-state index contributed by atoms with van der Waals surface area (Å²) < 4.78 is 0. The van der Waals surface area contributed by atoms with Crippen molar-refractivity contribution in [1.82, 2.24) is 10.6 Å². The van der Waals surface area contributed by atoms with Gasteiger partial charge in [0.2, 0.25) is 0 Å². The summed E-state index contributed by atoms with van der Waals surface area (Å²) in [6.45, 7) is 8.20. The topological polar surface area (TPSA) is 24.1 Å². The quantitative estimate of drug-likeness (QED) is 0.725. The van der Waals surface area contributed by atoms with E-state index in [1.165, 1.54) is 4.88 Å². The van der Waals surface area contributed by atoms with E-state index in [4.69, 9.17) is 0 Å². The summed E-state index contributed by atoms with van der Waals surface area (Å²) in [6, 6.07) is 4.18. The molecule has 1 aromatic heterocycles. The van der Waals surface area contributed by atoms with Gasteiger partial charge in [-0.3, -0.25) is 0 Å². The zero-order chi connectivity index (χ0) is 10.1. The van der Waals surface area contributed by atoms with Gasteiger partial charge in [0.15, 0.2) is 0 Å². The van der Waals surface area contributed by atoms with Gasteiger partial charge in [-0.15, -0.1) is 17.9 Å². The molecule has 1 fully saturated rings. The van der Waals surface area contributed by atoms with Crippen LogP contribution in [-0.4, -0.2) is 26.2 Å². The van der Waals surface area contributed by atoms with Crippen LogP contribution in [0.2, 0.25) is 0 Å². The van der Waals surface area contributed by atoms with Crippen molar-refractivity contribution in [2.45, 2.75) is 6.42 Å². The summed E-state index contributed by atoms with van der Waals surface area (Å²) >= 11 is 1.78. The number of allylic oxidation sites excluding steroid dienone is 1. The molecule has 0 saturated carbocycles. The fourth-order valence-corrected chi connectivity index (χ4v) is 1.88. The normalized spacial score (nSPS) is 15.4. The first-order valence-electron chi connectivity index (χ1n) is 4.98. The maximum Gasteiger partial charge on any atom is 0.00827 e. The van der Waals surface area contributed by atoms with Crippen molar-refractivity contribution in [1.29, 1.82) is 0 Å². The number of rotatable bonds is 2. The summed E-state index contributed by atoms with van der Waals surface area (Å²) in [6.07, 6.45) is 2.93. The lowest BCUT2D eigenvalue weighted by atomic mass is 10.3. The third-order valence-corrected chi connectivity index (χ3v) is 2.78. The van der Waals surface area contributed by atoms with Gasteiger partial charge in [0.1, 0.15) is 0 Å². The van der Waals surface area contributed by atoms with E-state index in [2.05, 4.69) is 34.7 Å². The van der Waals surface area contributed by atoms with Crippen LogP contribution in [0.1, 0.15) is 4.88 Å². The van der Waals surface area contributed by atoms with Gasteiger partial charge in [0, 0.05) is 31.1 Å². The standard InChI is InChI=1S/C7H8S.C4H10N2/c1-2-4-7-5-3-6-8-7;1-2-6-4-3-5-1/h2-3,5-6H,1,4H2;5-6H,1-4H2. The molecule has 1 aromatic rings. The van der Waals surface area contributed by atoms with E-state index in [9.17, 15) is 0 Å². The van der Waals surface area contributed by atoms with Crippen LogP contribution in [0.3, 0.4) is 0 Å². The lowest BCUT2D eigenvalue weighted by Crippen LogP contribution is -2.39. The van der Waals surface area contributed by atoms with Gasteiger partial charge >= 0.3 is 0 Å². The van der Waals surface area contributed by atoms with Crippen molar-refractivity contribution in [3.63, 3.8) is 0 Å². The van der Waals surface area contributed by atoms with Gasteiger partial charge in [-0.1, -0.05) is 12.1 Å². The molecule has 1 saturated heterocycles. The molecule has 2 nitrogen and oxygen atoms in total. The fraction of sp³-hybridized carbons (Fsp3) is 0.455. The van der Waals surface area contributed by atoms with Gasteiger partial charge in [-0.25, -0.2) is 0 Å². The second-order valence-electron chi connectivity index (χ2n) is 3.07. The largest absolute Gasteiger partial charge is 0.314 e. The lowest BCUT2D eigenvalue weighted by Gasteiger charge is -2.11. The van der Waals surface area contributed by atoms with Crippen molar-refractivity contribution >= 4 is 11.3 Å². The molecule has 1 aliphatic heterocycles. The van der Waals surface area contributed by atoms with Crippen LogP contribution in [0.15, 0.2) is 30.2 Å². The van der Waals surface area contributed by atoms with Gasteiger partial charge in [-0.05, 0) is 17.9 Å². The molecular weight excluding hydrogens is 192 g/mol. The Bertz CT molecular complexity index is 216. The Morgan fingerprint density at radius 1 is 1.29 bits per heavy atom. The van der Waals surface area contributed by atoms with Crippen LogP contribution in [0.4, 0.5) is 0 Å². The Kier molecular flexibility index (Phi) is 6.32. The Labute approximate surface area is 90.0 Å². The van der Waals surface area contributed by atoms with Crippen molar-refractivity contribution in [3.8, 4) is 0 Å². The number of thiophene rings is 1. The minimum absolute atomic E-state index is 1.01. The highest BCUT2D eigenvalue weighted by molar-refractivity contribution is 7.09. The average molecular weight is 210 g/mol. The van der Waals surface area contributed by atoms with Crippen LogP contribution < -0.4 is 10.6 Å². The predicted molar refractivity (Wildman–Crippen MR) is 64.0 cm³/mol. The molecule has 0 amide bonds. The number of nitrogens with one attached hydrogen (secondary N) is 2. The maximum absolute atomic E-state index is 3.64. The third-order valence-electron chi connectivity index (χ3n) is 1.88. The zero-order valence-electron chi connectivity index (χ0n) is 8.46. The Morgan fingerprint density at radius 3 is 2.29 bits per heavy atom. The molecule has 2 heterocycles. The first kappa shape index (κ1) is 11.4. The van der Waals surface area contributed by atoms with Gasteiger partial charge in [-0.2, -0.15) is 0 Å². The Balaban J connectivity index is 0.000000146. The van der Waals surface area contributed by atoms with E-state index in [-0.39, 0.29) is 0 Å². The Hall–Kier alpha value is -0.640. The van der Waals surface area contributed by atoms with Crippen LogP contribution in [0.25, 0.3) is 0 Å². The van der Waals surface area contributed by atoms with Crippen LogP contribution in [0.5, 0.6) is 0 Å². The lowest BCUT2D eigenvalue weighted by molar-refractivity contribution is 0.534. The molecule has 3 heteroatoms. The van der Waals surface area contributed by atoms with Crippen LogP contribution >= 0.6 is 11.3 Å². The second-order valence-corrected chi connectivity index (χ2v) is 4.10. The molecule has 1 aliphatic rings. The number of piperazine rings is 1. The molecule has 14 heavy (non-hydrogen) atoms. The summed E-state index contributed by atoms with van der Waals surface area (Å²) in [7, 11) is 0. The van der Waals surface area contributed by atoms with Gasteiger partial charge in [0.05, 0.1) is 0 Å². The van der Waals surface area contributed by atoms with Crippen molar-refractivity contribution in [3.05, 3.63) is 35.0 Å². The summed E-state index contributed by atoms with van der Waals surface area (Å²) in [5, 5.41) is 8.53. The summed E-state index contributed by atoms with van der Waals surface area (Å²) in [4.78, 5) is 1.39. The Morgan fingerprint density at radius 2 is 1.93 bits per heavy atom. The molecule has 0 aliphatic carbocycles. The van der Waals surface area contributed by atoms with E-state index in [0.717, 1.165) is 32.6 Å². The fourth-order valence-electron chi connectivity index (χ4n) is 1.17. The van der Waals surface area contributed by atoms with E-state index in [1.807, 2.05) is 6.08 Å². The van der Waals surface area contributed by atoms with Gasteiger partial charge in [0.25, 0.3) is 0 Å². The highest BCUT2D eigenvalue weighted by Gasteiger charge is 1.91. The number of hydrogen-bond acceptors (Lipinski definition) is 3. The first-order valence-corrected chi connectivity index (χ1v) is 5.86. The molecule has 0 spiro atoms. The second kappa shape index (κ2) is 7.74. The molecule has 2 N–H and O–H groups in total. The molecule has 0 bridgehead atoms. The van der Waals surface area contributed by atoms with E-state index in [1.54, 1.807) is 11.3 Å². The first-order chi connectivity index (χ1) is 6.93. The minimum atomic E-state index is 1.01. The molecule has 0 aromatic carbocycles. The monoisotopic (exact) mass is 210 g/mol. The predicted octanol–water partition coefficient (Wildman–Crippen LogP) is 1.66. The molecule has 0 radical (unpaired) electrons. The maximum atomic E-state index is 3.64. The van der Waals surface area contributed by atoms with Crippen molar-refractivity contribution < 1.29 is 0 Å². The molecule has 2 rings (SSSR count). The van der Waals surface area contributed by atoms with E-state index >= 15 is 0 Å². The highest BCUT2D eigenvalue weighted by Crippen LogP contribution is 2.08. The minimum Gasteiger partial charge on any atom is -0.314 e. The van der Waals surface area contributed by atoms with Crippen molar-refractivity contribution in [2.24, 2.45) is 0 Å². The van der Waals surface area contributed by atoms with E-state index in [0.29, 0.717) is 0 Å². The summed E-state index contributed by atoms with van der Waals surface area (Å²) in [5.74, 6) is 0. The van der Waals surface area contributed by atoms with Crippen molar-refractivity contribution in [2.75, 3.05) is 26.2 Å². The highest BCUT2D eigenvalue weighted by atomic mass is 32.1. The van der Waals surface area contributed by atoms with Crippen LogP contribution in [0, 0.1) is 0 Å². The smallest absolute Gasteiger partial charge is 0.00827 e. The molecule has 0 unspecified atom stereocenters. The number of hydrogen-bond donors (Lipinski definition) is 2. The zero-order valence-corrected chi connectivity index (χ0v) is 9.28. The van der Waals surface area contributed by atoms with Gasteiger partial charge < -0.3 is 10.6 Å². The summed E-state index contributed by atoms with van der Waals surface area (Å²) in [5.41, 5.74) is 0. The third kappa shape index (κ3) is 5.17.